The number of rotatable bonds is 16. The second-order valence-electron chi connectivity index (χ2n) is 20.2. The van der Waals surface area contributed by atoms with Crippen molar-refractivity contribution in [3.63, 3.8) is 0 Å². The van der Waals surface area contributed by atoms with Crippen molar-refractivity contribution in [1.29, 1.82) is 0 Å². The molecule has 0 unspecified atom stereocenters. The summed E-state index contributed by atoms with van der Waals surface area (Å²) in [5, 5.41) is 4.47. The van der Waals surface area contributed by atoms with Gasteiger partial charge < -0.3 is 4.42 Å². The summed E-state index contributed by atoms with van der Waals surface area (Å²) in [5.74, 6) is 0.650. The number of nitrogens with zero attached hydrogens (tertiary/aromatic N) is 1. The van der Waals surface area contributed by atoms with Crippen LogP contribution in [0.1, 0.15) is 98.9 Å². The number of halogens is 1. The average molecular weight is 1360 g/mol. The monoisotopic (exact) mass is 1350 g/mol. The first-order chi connectivity index (χ1) is 38.9. The van der Waals surface area contributed by atoms with E-state index in [1.165, 1.54) is 0 Å². The molecule has 0 amide bonds. The lowest BCUT2D eigenvalue weighted by Gasteiger charge is -2.11. The van der Waals surface area contributed by atoms with Crippen LogP contribution in [-0.2, 0) is 50.1 Å². The highest BCUT2D eigenvalue weighted by Crippen LogP contribution is 2.26. The molecule has 0 bridgehead atoms. The predicted octanol–water partition coefficient (Wildman–Crippen LogP) is 14.3. The van der Waals surface area contributed by atoms with E-state index in [4.69, 9.17) is 4.42 Å². The molecule has 87 heavy (non-hydrogen) atoms. The Hall–Kier alpha value is -6.22. The molecule has 0 aliphatic rings. The third kappa shape index (κ3) is 24.0. The number of furan rings is 1. The molecule has 0 spiro atoms. The number of aromatic nitrogens is 1. The molecule has 9 rings (SSSR count). The molecular formula is C64H87BrN6O11S5. The van der Waals surface area contributed by atoms with E-state index in [1.54, 1.807) is 165 Å². The Morgan fingerprint density at radius 2 is 0.782 bits per heavy atom. The first kappa shape index (κ1) is 78.8. The normalized spacial score (nSPS) is 11.5. The van der Waals surface area contributed by atoms with Crippen molar-refractivity contribution in [2.24, 2.45) is 0 Å². The number of fused-ring (bicyclic) bond motifs is 3. The summed E-state index contributed by atoms with van der Waals surface area (Å²) in [5.41, 5.74) is 1.25. The van der Waals surface area contributed by atoms with Crippen molar-refractivity contribution in [1.82, 2.24) is 28.6 Å². The number of nitrogens with one attached hydrogen (secondary N) is 5. The third-order valence-corrected chi connectivity index (χ3v) is 19.8. The fourth-order valence-electron chi connectivity index (χ4n) is 7.83. The third-order valence-electron chi connectivity index (χ3n) is 11.0. The SMILES string of the molecule is C.C.C.C.CC(C)NS(=O)(=O)c1ccc2ccccc2c1.CC(C)NS(=O)(=O)c1cccc(-c2ccco2)c1.CC(C)NS(=O)(=O)c1cccc(Br)c1.CC(C)NS(=O)(=O)c1cccc2ccccc12.CC(C)NS(=O)(=O)c1cccc2cccnc12. The molecule has 2 aromatic heterocycles. The molecule has 17 nitrogen and oxygen atoms in total. The zero-order valence-corrected chi connectivity index (χ0v) is 53.3. The van der Waals surface area contributed by atoms with Gasteiger partial charge in [-0.1, -0.05) is 149 Å². The molecule has 7 aromatic carbocycles. The average Bonchev–Trinajstić information content (AvgIpc) is 1.49. The zero-order chi connectivity index (χ0) is 61.3. The summed E-state index contributed by atoms with van der Waals surface area (Å²) in [7, 11) is -17.2. The van der Waals surface area contributed by atoms with Crippen molar-refractivity contribution in [3.8, 4) is 11.3 Å². The quantitative estimate of drug-likeness (QED) is 0.0605. The number of hydrogen-bond acceptors (Lipinski definition) is 12. The van der Waals surface area contributed by atoms with Gasteiger partial charge in [0.15, 0.2) is 0 Å². The Morgan fingerprint density at radius 1 is 0.368 bits per heavy atom. The van der Waals surface area contributed by atoms with Crippen LogP contribution >= 0.6 is 15.9 Å². The first-order valence-corrected chi connectivity index (χ1v) is 34.4. The maximum Gasteiger partial charge on any atom is 0.242 e. The molecule has 0 aliphatic carbocycles. The van der Waals surface area contributed by atoms with Crippen LogP contribution in [0.25, 0.3) is 43.8 Å². The van der Waals surface area contributed by atoms with Crippen LogP contribution in [0.2, 0.25) is 0 Å². The standard InChI is InChI=1S/C13H15NO3S.2C13H15NO2S.C12H14N2O2S.C9H12BrNO2S.4CH4/c1-10(2)14-18(15,16)12-6-3-5-11(9-12)13-7-4-8-17-13;1-10(2)14-17(15,16)13-9-5-7-11-6-3-4-8-12(11)13;1-10(2)14-17(15,16)13-8-7-11-5-3-4-6-12(11)9-13;1-9(2)14-17(15,16)11-7-3-5-10-6-4-8-13-12(10)11;1-7(2)11-14(12,13)9-5-3-4-8(10)6-9;;;;/h3-10,14H,1-2H3;2*3-10,14H,1-2H3;3-9,14H,1-2H3;3-7,11H,1-2H3;4*1H4. The number of benzene rings is 7. The lowest BCUT2D eigenvalue weighted by molar-refractivity contribution is 0.567. The number of para-hydroxylation sites is 1. The van der Waals surface area contributed by atoms with E-state index in [0.29, 0.717) is 21.1 Å². The fourth-order valence-corrected chi connectivity index (χ4v) is 15.2. The summed E-state index contributed by atoms with van der Waals surface area (Å²) >= 11 is 3.23. The van der Waals surface area contributed by atoms with Gasteiger partial charge in [0.25, 0.3) is 0 Å². The highest BCUT2D eigenvalue weighted by molar-refractivity contribution is 9.10. The van der Waals surface area contributed by atoms with E-state index in [9.17, 15) is 42.1 Å². The van der Waals surface area contributed by atoms with Gasteiger partial charge in [-0.25, -0.2) is 65.7 Å². The van der Waals surface area contributed by atoms with Crippen LogP contribution in [0.4, 0.5) is 0 Å². The fraction of sp³-hybridized carbons (Fsp3) is 0.297. The molecule has 9 aromatic rings. The van der Waals surface area contributed by atoms with Crippen molar-refractivity contribution in [3.05, 3.63) is 193 Å². The largest absolute Gasteiger partial charge is 0.464 e. The van der Waals surface area contributed by atoms with Gasteiger partial charge in [-0.2, -0.15) is 0 Å². The van der Waals surface area contributed by atoms with Crippen molar-refractivity contribution in [2.45, 2.75) is 154 Å². The van der Waals surface area contributed by atoms with Crippen LogP contribution in [0.5, 0.6) is 0 Å². The van der Waals surface area contributed by atoms with Crippen molar-refractivity contribution >= 4 is 98.5 Å². The van der Waals surface area contributed by atoms with Crippen molar-refractivity contribution in [2.75, 3.05) is 0 Å². The number of sulfonamides is 5. The Labute approximate surface area is 527 Å². The Morgan fingerprint density at radius 3 is 1.30 bits per heavy atom. The van der Waals surface area contributed by atoms with Gasteiger partial charge in [-0.05, 0) is 158 Å². The van der Waals surface area contributed by atoms with Gasteiger partial charge in [0.05, 0.1) is 31.4 Å². The molecule has 0 saturated carbocycles. The minimum Gasteiger partial charge on any atom is -0.464 e. The van der Waals surface area contributed by atoms with E-state index >= 15 is 0 Å². The molecule has 0 radical (unpaired) electrons. The molecule has 23 heteroatoms. The van der Waals surface area contributed by atoms with Gasteiger partial charge in [0.1, 0.15) is 10.7 Å². The second-order valence-corrected chi connectivity index (χ2v) is 29.6. The van der Waals surface area contributed by atoms with Crippen LogP contribution < -0.4 is 23.6 Å². The van der Waals surface area contributed by atoms with E-state index in [-0.39, 0.29) is 74.6 Å². The number of pyridine rings is 1. The van der Waals surface area contributed by atoms with Gasteiger partial charge in [-0.3, -0.25) is 4.98 Å². The van der Waals surface area contributed by atoms with E-state index < -0.39 is 50.1 Å². The Kier molecular flexibility index (Phi) is 31.8. The lowest BCUT2D eigenvalue weighted by Crippen LogP contribution is -2.30. The molecule has 2 heterocycles. The first-order valence-electron chi connectivity index (χ1n) is 26.2. The van der Waals surface area contributed by atoms with E-state index in [1.807, 2.05) is 92.7 Å². The van der Waals surface area contributed by atoms with Gasteiger partial charge in [0, 0.05) is 57.2 Å². The molecule has 5 N–H and O–H groups in total. The maximum atomic E-state index is 12.1. The van der Waals surface area contributed by atoms with Crippen LogP contribution in [-0.4, -0.2) is 77.3 Å². The summed E-state index contributed by atoms with van der Waals surface area (Å²) in [4.78, 5) is 5.53. The zero-order valence-electron chi connectivity index (χ0n) is 47.6. The Balaban J connectivity index is 0.000000539. The predicted molar refractivity (Wildman–Crippen MR) is 362 cm³/mol. The lowest BCUT2D eigenvalue weighted by atomic mass is 10.1. The van der Waals surface area contributed by atoms with Gasteiger partial charge in [-0.15, -0.1) is 0 Å². The van der Waals surface area contributed by atoms with Gasteiger partial charge in [0.2, 0.25) is 50.1 Å². The van der Waals surface area contributed by atoms with Crippen LogP contribution in [0.3, 0.4) is 0 Å². The molecule has 0 aliphatic heterocycles. The van der Waals surface area contributed by atoms with E-state index in [2.05, 4.69) is 44.5 Å². The molecular weight excluding hydrogens is 1270 g/mol. The van der Waals surface area contributed by atoms with Gasteiger partial charge >= 0.3 is 0 Å². The number of hydrogen-bond donors (Lipinski definition) is 5. The molecule has 0 atom stereocenters. The molecule has 0 fully saturated rings. The topological polar surface area (TPSA) is 257 Å². The molecule has 0 saturated heterocycles. The van der Waals surface area contributed by atoms with Crippen molar-refractivity contribution < 1.29 is 46.5 Å². The second kappa shape index (κ2) is 35.1. The smallest absolute Gasteiger partial charge is 0.242 e. The van der Waals surface area contributed by atoms with Crippen LogP contribution in [0.15, 0.2) is 222 Å². The minimum atomic E-state index is -3.50. The minimum absolute atomic E-state index is 0. The highest BCUT2D eigenvalue weighted by atomic mass is 79.9. The molecule has 476 valence electrons. The summed E-state index contributed by atoms with van der Waals surface area (Å²) < 4.78 is 139. The van der Waals surface area contributed by atoms with E-state index in [0.717, 1.165) is 37.0 Å². The Bertz CT molecular complexity index is 4050. The maximum absolute atomic E-state index is 12.1. The summed E-state index contributed by atoms with van der Waals surface area (Å²) in [6.07, 6.45) is 3.15. The van der Waals surface area contributed by atoms with Crippen LogP contribution in [0, 0.1) is 0 Å². The highest BCUT2D eigenvalue weighted by Gasteiger charge is 2.21. The summed E-state index contributed by atoms with van der Waals surface area (Å²) in [6.45, 7) is 17.9. The summed E-state index contributed by atoms with van der Waals surface area (Å²) in [6, 6.07) is 50.7.